The molecule has 0 aliphatic carbocycles. The predicted octanol–water partition coefficient (Wildman–Crippen LogP) is 3.30. The Morgan fingerprint density at radius 2 is 1.92 bits per heavy atom. The van der Waals surface area contributed by atoms with Gasteiger partial charge in [-0.1, -0.05) is 30.3 Å². The molecule has 1 aromatic carbocycles. The number of alkyl halides is 2. The average molecular weight is 371 g/mol. The molecule has 144 valence electrons. The molecule has 0 bridgehead atoms. The summed E-state index contributed by atoms with van der Waals surface area (Å²) in [5.74, 6) is -1.77. The Morgan fingerprint density at radius 1 is 1.31 bits per heavy atom. The summed E-state index contributed by atoms with van der Waals surface area (Å²) in [5.41, 5.74) is -2.78. The van der Waals surface area contributed by atoms with Gasteiger partial charge >= 0.3 is 12.1 Å². The number of carboxylic acids is 1. The van der Waals surface area contributed by atoms with Gasteiger partial charge in [0.15, 0.2) is 0 Å². The van der Waals surface area contributed by atoms with E-state index in [1.54, 1.807) is 45.0 Å². The lowest BCUT2D eigenvalue weighted by atomic mass is 9.96. The van der Waals surface area contributed by atoms with Crippen molar-refractivity contribution in [1.29, 1.82) is 0 Å². The first-order chi connectivity index (χ1) is 12.1. The van der Waals surface area contributed by atoms with Crippen LogP contribution < -0.4 is 0 Å². The van der Waals surface area contributed by atoms with Crippen LogP contribution in [0.2, 0.25) is 0 Å². The zero-order valence-corrected chi connectivity index (χ0v) is 14.9. The van der Waals surface area contributed by atoms with Gasteiger partial charge in [0.2, 0.25) is 5.54 Å². The summed E-state index contributed by atoms with van der Waals surface area (Å²) in [6, 6.07) is 9.05. The van der Waals surface area contributed by atoms with Gasteiger partial charge in [0.1, 0.15) is 5.60 Å². The van der Waals surface area contributed by atoms with E-state index in [0.717, 1.165) is 5.56 Å². The quantitative estimate of drug-likeness (QED) is 0.859. The van der Waals surface area contributed by atoms with Crippen molar-refractivity contribution in [3.05, 3.63) is 35.9 Å². The topological polar surface area (TPSA) is 76.1 Å². The molecule has 1 heterocycles. The lowest BCUT2D eigenvalue weighted by molar-refractivity contribution is -0.160. The summed E-state index contributed by atoms with van der Waals surface area (Å²) in [6.07, 6.45) is -5.72. The van der Waals surface area contributed by atoms with E-state index in [1.165, 1.54) is 0 Å². The third kappa shape index (κ3) is 4.30. The number of carboxylic acid groups (broad SMARTS) is 1. The fourth-order valence-corrected chi connectivity index (χ4v) is 2.85. The average Bonchev–Trinajstić information content (AvgIpc) is 2.93. The first kappa shape index (κ1) is 20.1. The number of aliphatic carboxylic acids is 1. The summed E-state index contributed by atoms with van der Waals surface area (Å²) >= 11 is 0. The number of carbonyl (C=O) groups excluding carboxylic acids is 1. The number of likely N-dealkylation sites (tertiary alicyclic amines) is 1. The number of amides is 1. The van der Waals surface area contributed by atoms with Gasteiger partial charge in [0, 0.05) is 6.42 Å². The maximum Gasteiger partial charge on any atom is 0.411 e. The van der Waals surface area contributed by atoms with E-state index >= 15 is 0 Å². The Kier molecular flexibility index (Phi) is 5.85. The van der Waals surface area contributed by atoms with E-state index in [4.69, 9.17) is 9.47 Å². The highest BCUT2D eigenvalue weighted by Crippen LogP contribution is 2.38. The van der Waals surface area contributed by atoms with Crippen LogP contribution in [0.4, 0.5) is 13.6 Å². The summed E-state index contributed by atoms with van der Waals surface area (Å²) in [6.45, 7) is 4.59. The largest absolute Gasteiger partial charge is 0.479 e. The van der Waals surface area contributed by atoms with Gasteiger partial charge in [-0.05, 0) is 26.3 Å². The molecule has 0 radical (unpaired) electrons. The number of benzene rings is 1. The molecule has 8 heteroatoms. The van der Waals surface area contributed by atoms with Gasteiger partial charge in [-0.3, -0.25) is 4.90 Å². The molecule has 0 aromatic heterocycles. The lowest BCUT2D eigenvalue weighted by Gasteiger charge is -2.34. The molecule has 2 rings (SSSR count). The van der Waals surface area contributed by atoms with Crippen molar-refractivity contribution in [1.82, 2.24) is 4.90 Å². The second-order valence-corrected chi connectivity index (χ2v) is 7.24. The Balaban J connectivity index is 2.20. The Hall–Kier alpha value is -2.22. The molecule has 1 aliphatic rings. The number of carbonyl (C=O) groups is 2. The maximum absolute atomic E-state index is 13.7. The fraction of sp³-hybridized carbons (Fsp3) is 0.556. The minimum atomic E-state index is -3.28. The third-order valence-electron chi connectivity index (χ3n) is 4.08. The van der Waals surface area contributed by atoms with Gasteiger partial charge in [0.25, 0.3) is 6.43 Å². The van der Waals surface area contributed by atoms with E-state index in [9.17, 15) is 23.5 Å². The second-order valence-electron chi connectivity index (χ2n) is 7.24. The zero-order valence-electron chi connectivity index (χ0n) is 14.9. The van der Waals surface area contributed by atoms with Crippen molar-refractivity contribution in [3.8, 4) is 0 Å². The van der Waals surface area contributed by atoms with Gasteiger partial charge in [-0.2, -0.15) is 0 Å². The molecule has 2 atom stereocenters. The van der Waals surface area contributed by atoms with Crippen LogP contribution in [-0.2, 0) is 20.9 Å². The van der Waals surface area contributed by atoms with Crippen molar-refractivity contribution < 1.29 is 33.0 Å². The van der Waals surface area contributed by atoms with Crippen molar-refractivity contribution in [2.45, 2.75) is 57.5 Å². The highest BCUT2D eigenvalue weighted by atomic mass is 19.3. The maximum atomic E-state index is 13.7. The first-order valence-corrected chi connectivity index (χ1v) is 8.24. The Morgan fingerprint density at radius 3 is 2.42 bits per heavy atom. The molecule has 1 aromatic rings. The summed E-state index contributed by atoms with van der Waals surface area (Å²) < 4.78 is 38.2. The number of halogens is 2. The minimum absolute atomic E-state index is 0.132. The Labute approximate surface area is 150 Å². The molecule has 1 unspecified atom stereocenters. The molecule has 0 saturated carbocycles. The van der Waals surface area contributed by atoms with Crippen molar-refractivity contribution in [2.75, 3.05) is 6.54 Å². The van der Waals surface area contributed by atoms with Gasteiger partial charge in [0.05, 0.1) is 19.3 Å². The van der Waals surface area contributed by atoms with Crippen molar-refractivity contribution in [2.24, 2.45) is 0 Å². The standard InChI is InChI=1S/C18H23F2NO5/c1-17(2,3)26-16(24)21-10-13(9-18(21,14(19)20)15(22)23)25-11-12-7-5-4-6-8-12/h4-8,13-14H,9-11H2,1-3H3,(H,22,23)/t13-,18?/m1/s1. The van der Waals surface area contributed by atoms with Crippen LogP contribution in [0.25, 0.3) is 0 Å². The van der Waals surface area contributed by atoms with Crippen LogP contribution in [0.15, 0.2) is 30.3 Å². The van der Waals surface area contributed by atoms with Crippen LogP contribution in [-0.4, -0.2) is 52.3 Å². The molecule has 1 fully saturated rings. The highest BCUT2D eigenvalue weighted by molar-refractivity contribution is 5.86. The molecule has 1 saturated heterocycles. The lowest BCUT2D eigenvalue weighted by Crippen LogP contribution is -2.58. The summed E-state index contributed by atoms with van der Waals surface area (Å²) in [5, 5.41) is 9.47. The minimum Gasteiger partial charge on any atom is -0.479 e. The normalized spacial score (nSPS) is 23.3. The number of hydrogen-bond acceptors (Lipinski definition) is 4. The predicted molar refractivity (Wildman–Crippen MR) is 88.9 cm³/mol. The van der Waals surface area contributed by atoms with Crippen LogP contribution in [0.5, 0.6) is 0 Å². The second kappa shape index (κ2) is 7.57. The molecule has 0 spiro atoms. The highest BCUT2D eigenvalue weighted by Gasteiger charge is 2.61. The molecule has 6 nitrogen and oxygen atoms in total. The molecule has 1 amide bonds. The monoisotopic (exact) mass is 371 g/mol. The van der Waals surface area contributed by atoms with E-state index in [0.29, 0.717) is 4.90 Å². The SMILES string of the molecule is CC(C)(C)OC(=O)N1C[C@H](OCc2ccccc2)CC1(C(=O)O)C(F)F. The van der Waals surface area contributed by atoms with Crippen LogP contribution in [0, 0.1) is 0 Å². The first-order valence-electron chi connectivity index (χ1n) is 8.24. The van der Waals surface area contributed by atoms with E-state index in [1.807, 2.05) is 6.07 Å². The molecule has 1 N–H and O–H groups in total. The molecular weight excluding hydrogens is 348 g/mol. The molecule has 1 aliphatic heterocycles. The van der Waals surface area contributed by atoms with E-state index < -0.39 is 42.2 Å². The summed E-state index contributed by atoms with van der Waals surface area (Å²) in [7, 11) is 0. The van der Waals surface area contributed by atoms with Gasteiger partial charge in [-0.25, -0.2) is 18.4 Å². The number of ether oxygens (including phenoxy) is 2. The van der Waals surface area contributed by atoms with Gasteiger partial charge < -0.3 is 14.6 Å². The van der Waals surface area contributed by atoms with Crippen LogP contribution >= 0.6 is 0 Å². The van der Waals surface area contributed by atoms with Crippen LogP contribution in [0.3, 0.4) is 0 Å². The van der Waals surface area contributed by atoms with Crippen molar-refractivity contribution in [3.63, 3.8) is 0 Å². The number of nitrogens with zero attached hydrogens (tertiary/aromatic N) is 1. The summed E-state index contributed by atoms with van der Waals surface area (Å²) in [4.78, 5) is 24.6. The number of rotatable bonds is 5. The smallest absolute Gasteiger partial charge is 0.411 e. The zero-order chi connectivity index (χ0) is 19.5. The third-order valence-corrected chi connectivity index (χ3v) is 4.08. The number of hydrogen-bond donors (Lipinski definition) is 1. The molecular formula is C18H23F2NO5. The fourth-order valence-electron chi connectivity index (χ4n) is 2.85. The van der Waals surface area contributed by atoms with Crippen LogP contribution in [0.1, 0.15) is 32.8 Å². The van der Waals surface area contributed by atoms with Crippen molar-refractivity contribution >= 4 is 12.1 Å². The van der Waals surface area contributed by atoms with E-state index in [-0.39, 0.29) is 13.2 Å². The Bertz CT molecular complexity index is 647. The van der Waals surface area contributed by atoms with E-state index in [2.05, 4.69) is 0 Å². The van der Waals surface area contributed by atoms with Gasteiger partial charge in [-0.15, -0.1) is 0 Å². The molecule has 26 heavy (non-hydrogen) atoms.